The molecule has 2 atom stereocenters. The molecule has 3 aliphatic heterocycles. The SMILES string of the molecule is CC1=CC(C)=NC2N=C(CC3=CCC(CCc4ccc(OC(C)C)c(C)c4)(C4CCCC4)OC3=O)NN12. The number of fused-ring (bicyclic) bond motifs is 1. The Morgan fingerprint density at radius 2 is 1.97 bits per heavy atom. The summed E-state index contributed by atoms with van der Waals surface area (Å²) in [6, 6.07) is 6.44. The molecule has 0 spiro atoms. The molecule has 7 heteroatoms. The number of carbonyl (C=O) groups is 1. The van der Waals surface area contributed by atoms with Crippen molar-refractivity contribution < 1.29 is 14.3 Å². The number of hydrazine groups is 1. The number of rotatable bonds is 8. The lowest BCUT2D eigenvalue weighted by atomic mass is 9.77. The topological polar surface area (TPSA) is 75.5 Å². The summed E-state index contributed by atoms with van der Waals surface area (Å²) in [5, 5.41) is 1.94. The number of esters is 1. The second-order valence-electron chi connectivity index (χ2n) is 11.3. The van der Waals surface area contributed by atoms with Crippen molar-refractivity contribution in [3.05, 3.63) is 52.7 Å². The minimum absolute atomic E-state index is 0.154. The standard InChI is InChI=1S/C30H40N4O3/c1-19(2)36-26-11-10-23(16-20(26)3)12-14-30(25-8-6-7-9-25)15-13-24(28(35)37-30)18-27-32-29-31-21(4)17-22(5)34(29)33-27/h10-11,13,16-17,19,25,29H,6-9,12,14-15,18H2,1-5H3,(H,32,33). The van der Waals surface area contributed by atoms with E-state index in [2.05, 4.69) is 41.6 Å². The fourth-order valence-electron chi connectivity index (χ4n) is 6.12. The summed E-state index contributed by atoms with van der Waals surface area (Å²) in [4.78, 5) is 22.6. The zero-order valence-electron chi connectivity index (χ0n) is 22.8. The van der Waals surface area contributed by atoms with Crippen LogP contribution in [0.5, 0.6) is 5.75 Å². The Hall–Kier alpha value is -3.09. The van der Waals surface area contributed by atoms with Gasteiger partial charge in [0.1, 0.15) is 17.2 Å². The molecule has 7 nitrogen and oxygen atoms in total. The van der Waals surface area contributed by atoms with Crippen LogP contribution in [0, 0.1) is 12.8 Å². The molecule has 0 radical (unpaired) electrons. The average molecular weight is 505 g/mol. The number of hydrogen-bond donors (Lipinski definition) is 1. The summed E-state index contributed by atoms with van der Waals surface area (Å²) in [5.41, 5.74) is 8.02. The van der Waals surface area contributed by atoms with Crippen LogP contribution in [0.4, 0.5) is 0 Å². The molecule has 37 heavy (non-hydrogen) atoms. The number of aliphatic imine (C=N–C) groups is 2. The van der Waals surface area contributed by atoms with Crippen LogP contribution in [0.3, 0.4) is 0 Å². The lowest BCUT2D eigenvalue weighted by Crippen LogP contribution is -2.45. The summed E-state index contributed by atoms with van der Waals surface area (Å²) >= 11 is 0. The lowest BCUT2D eigenvalue weighted by Gasteiger charge is -2.41. The first-order chi connectivity index (χ1) is 17.7. The van der Waals surface area contributed by atoms with Crippen LogP contribution in [0.2, 0.25) is 0 Å². The second kappa shape index (κ2) is 10.3. The van der Waals surface area contributed by atoms with Crippen LogP contribution in [0.15, 0.2) is 51.6 Å². The number of hydrogen-bond acceptors (Lipinski definition) is 7. The molecular formula is C30H40N4O3. The van der Waals surface area contributed by atoms with Gasteiger partial charge in [-0.15, -0.1) is 0 Å². The van der Waals surface area contributed by atoms with Gasteiger partial charge in [-0.05, 0) is 89.5 Å². The highest BCUT2D eigenvalue weighted by Gasteiger charge is 2.45. The number of amidine groups is 1. The van der Waals surface area contributed by atoms with Gasteiger partial charge in [0, 0.05) is 29.8 Å². The third-order valence-corrected chi connectivity index (χ3v) is 8.02. The Kier molecular flexibility index (Phi) is 7.15. The van der Waals surface area contributed by atoms with E-state index in [9.17, 15) is 4.79 Å². The highest BCUT2D eigenvalue weighted by Crippen LogP contribution is 2.44. The zero-order valence-corrected chi connectivity index (χ0v) is 22.8. The van der Waals surface area contributed by atoms with E-state index in [-0.39, 0.29) is 18.4 Å². The van der Waals surface area contributed by atoms with Gasteiger partial charge in [0.15, 0.2) is 0 Å². The quantitative estimate of drug-likeness (QED) is 0.454. The first-order valence-corrected chi connectivity index (χ1v) is 13.8. The van der Waals surface area contributed by atoms with E-state index in [0.29, 0.717) is 17.9 Å². The molecule has 3 heterocycles. The van der Waals surface area contributed by atoms with E-state index >= 15 is 0 Å². The first-order valence-electron chi connectivity index (χ1n) is 13.8. The Labute approximate surface area is 220 Å². The van der Waals surface area contributed by atoms with Gasteiger partial charge in [-0.1, -0.05) is 31.1 Å². The maximum atomic E-state index is 13.4. The molecule has 0 amide bonds. The largest absolute Gasteiger partial charge is 0.491 e. The van der Waals surface area contributed by atoms with Gasteiger partial charge in [0.05, 0.1) is 6.10 Å². The number of nitrogens with one attached hydrogen (secondary N) is 1. The van der Waals surface area contributed by atoms with E-state index in [1.807, 2.05) is 38.8 Å². The van der Waals surface area contributed by atoms with Crippen molar-refractivity contribution in [1.29, 1.82) is 0 Å². The molecular weight excluding hydrogens is 464 g/mol. The van der Waals surface area contributed by atoms with Crippen molar-refractivity contribution >= 4 is 17.5 Å². The maximum Gasteiger partial charge on any atom is 0.334 e. The fraction of sp³-hybridized carbons (Fsp3) is 0.567. The maximum absolute atomic E-state index is 13.4. The molecule has 5 rings (SSSR count). The van der Waals surface area contributed by atoms with Gasteiger partial charge in [-0.25, -0.2) is 19.8 Å². The average Bonchev–Trinajstić information content (AvgIpc) is 3.51. The number of benzene rings is 1. The highest BCUT2D eigenvalue weighted by atomic mass is 16.6. The van der Waals surface area contributed by atoms with Gasteiger partial charge in [-0.3, -0.25) is 5.43 Å². The lowest BCUT2D eigenvalue weighted by molar-refractivity contribution is -0.164. The van der Waals surface area contributed by atoms with Gasteiger partial charge in [0.25, 0.3) is 0 Å². The number of carbonyl (C=O) groups excluding carboxylic acids is 1. The second-order valence-corrected chi connectivity index (χ2v) is 11.3. The molecule has 0 saturated heterocycles. The molecule has 1 saturated carbocycles. The van der Waals surface area contributed by atoms with Crippen molar-refractivity contribution in [2.75, 3.05) is 0 Å². The van der Waals surface area contributed by atoms with Gasteiger partial charge in [-0.2, -0.15) is 0 Å². The van der Waals surface area contributed by atoms with E-state index in [1.54, 1.807) is 0 Å². The van der Waals surface area contributed by atoms with Gasteiger partial charge < -0.3 is 9.47 Å². The molecule has 1 aromatic rings. The van der Waals surface area contributed by atoms with Crippen LogP contribution < -0.4 is 10.2 Å². The van der Waals surface area contributed by atoms with E-state index < -0.39 is 5.60 Å². The van der Waals surface area contributed by atoms with Crippen LogP contribution in [0.25, 0.3) is 0 Å². The van der Waals surface area contributed by atoms with Gasteiger partial charge in [0.2, 0.25) is 6.29 Å². The Balaban J connectivity index is 1.29. The van der Waals surface area contributed by atoms with Crippen LogP contribution >= 0.6 is 0 Å². The number of nitrogens with zero attached hydrogens (tertiary/aromatic N) is 3. The van der Waals surface area contributed by atoms with E-state index in [1.165, 1.54) is 18.4 Å². The van der Waals surface area contributed by atoms with Crippen molar-refractivity contribution in [1.82, 2.24) is 10.4 Å². The molecule has 0 aromatic heterocycles. The summed E-state index contributed by atoms with van der Waals surface area (Å²) in [7, 11) is 0. The molecule has 1 aromatic carbocycles. The van der Waals surface area contributed by atoms with Crippen molar-refractivity contribution in [3.8, 4) is 5.75 Å². The van der Waals surface area contributed by atoms with Crippen molar-refractivity contribution in [3.63, 3.8) is 0 Å². The predicted molar refractivity (Wildman–Crippen MR) is 146 cm³/mol. The molecule has 1 N–H and O–H groups in total. The van der Waals surface area contributed by atoms with Crippen molar-refractivity contribution in [2.24, 2.45) is 15.9 Å². The smallest absolute Gasteiger partial charge is 0.334 e. The van der Waals surface area contributed by atoms with E-state index in [4.69, 9.17) is 14.5 Å². The third-order valence-electron chi connectivity index (χ3n) is 8.02. The number of ether oxygens (including phenoxy) is 2. The molecule has 1 fully saturated rings. The fourth-order valence-corrected chi connectivity index (χ4v) is 6.12. The summed E-state index contributed by atoms with van der Waals surface area (Å²) in [5.74, 6) is 1.91. The van der Waals surface area contributed by atoms with Gasteiger partial charge >= 0.3 is 5.97 Å². The van der Waals surface area contributed by atoms with Crippen LogP contribution in [-0.2, 0) is 16.0 Å². The first kappa shape index (κ1) is 25.6. The zero-order chi connectivity index (χ0) is 26.2. The van der Waals surface area contributed by atoms with Crippen molar-refractivity contribution in [2.45, 2.75) is 104 Å². The Morgan fingerprint density at radius 3 is 2.68 bits per heavy atom. The third kappa shape index (κ3) is 5.46. The number of aryl methyl sites for hydroxylation is 2. The monoisotopic (exact) mass is 504 g/mol. The molecule has 4 aliphatic rings. The Bertz CT molecular complexity index is 1180. The minimum Gasteiger partial charge on any atom is -0.491 e. The summed E-state index contributed by atoms with van der Waals surface area (Å²) in [6.45, 7) is 10.2. The number of cyclic esters (lactones) is 1. The molecule has 1 aliphatic carbocycles. The predicted octanol–water partition coefficient (Wildman–Crippen LogP) is 5.79. The normalized spacial score (nSPS) is 25.7. The molecule has 0 bridgehead atoms. The van der Waals surface area contributed by atoms with Crippen LogP contribution in [-0.4, -0.2) is 40.5 Å². The summed E-state index contributed by atoms with van der Waals surface area (Å²) in [6.07, 6.45) is 11.6. The summed E-state index contributed by atoms with van der Waals surface area (Å²) < 4.78 is 12.3. The highest BCUT2D eigenvalue weighted by molar-refractivity contribution is 5.99. The Morgan fingerprint density at radius 1 is 1.19 bits per heavy atom. The van der Waals surface area contributed by atoms with Crippen LogP contribution in [0.1, 0.15) is 83.8 Å². The number of allylic oxidation sites excluding steroid dienone is 2. The van der Waals surface area contributed by atoms with E-state index in [0.717, 1.165) is 60.7 Å². The molecule has 198 valence electrons. The minimum atomic E-state index is -0.429. The molecule has 2 unspecified atom stereocenters.